The number of amides is 1. The predicted octanol–water partition coefficient (Wildman–Crippen LogP) is 0.511. The minimum Gasteiger partial charge on any atom is -0.494 e. The number of nitrogens with zero attached hydrogens (tertiary/aromatic N) is 2. The lowest BCUT2D eigenvalue weighted by Crippen LogP contribution is -2.45. The van der Waals surface area contributed by atoms with Gasteiger partial charge in [0.2, 0.25) is 0 Å². The molecule has 0 radical (unpaired) electrons. The van der Waals surface area contributed by atoms with Crippen molar-refractivity contribution in [2.24, 2.45) is 0 Å². The lowest BCUT2D eigenvalue weighted by molar-refractivity contribution is 0.0930. The van der Waals surface area contributed by atoms with Crippen molar-refractivity contribution in [3.8, 4) is 5.88 Å². The molecule has 0 spiro atoms. The summed E-state index contributed by atoms with van der Waals surface area (Å²) in [6, 6.07) is 4.47. The van der Waals surface area contributed by atoms with Crippen molar-refractivity contribution in [3.63, 3.8) is 0 Å². The molecule has 0 atom stereocenters. The van der Waals surface area contributed by atoms with Crippen molar-refractivity contribution in [2.75, 3.05) is 18.0 Å². The molecule has 1 aliphatic heterocycles. The number of anilines is 1. The van der Waals surface area contributed by atoms with E-state index in [1.54, 1.807) is 0 Å². The normalized spacial score (nSPS) is 15.6. The average molecular weight is 317 g/mol. The molecule has 122 valence electrons. The molecule has 1 aliphatic rings. The monoisotopic (exact) mass is 317 g/mol. The van der Waals surface area contributed by atoms with E-state index in [0.29, 0.717) is 0 Å². The minimum absolute atomic E-state index is 0.0419. The molecule has 1 amide bonds. The lowest BCUT2D eigenvalue weighted by Gasteiger charge is -2.32. The molecule has 2 aromatic rings. The second-order valence-corrected chi connectivity index (χ2v) is 5.76. The number of nitrogens with one attached hydrogen (secondary N) is 3. The summed E-state index contributed by atoms with van der Waals surface area (Å²) in [6.45, 7) is 3.56. The summed E-state index contributed by atoms with van der Waals surface area (Å²) in [5.41, 5.74) is 0.681. The summed E-state index contributed by atoms with van der Waals surface area (Å²) in [6.07, 6.45) is 1.60. The summed E-state index contributed by atoms with van der Waals surface area (Å²) in [5.74, 6) is 0.263. The first-order chi connectivity index (χ1) is 11.0. The third-order valence-corrected chi connectivity index (χ3v) is 3.94. The van der Waals surface area contributed by atoms with Gasteiger partial charge in [0.05, 0.1) is 5.56 Å². The van der Waals surface area contributed by atoms with E-state index in [9.17, 15) is 14.7 Å². The fourth-order valence-electron chi connectivity index (χ4n) is 2.75. The largest absolute Gasteiger partial charge is 0.494 e. The quantitative estimate of drug-likeness (QED) is 0.658. The number of H-pyrrole nitrogens is 2. The van der Waals surface area contributed by atoms with Crippen LogP contribution in [-0.4, -0.2) is 45.3 Å². The Labute approximate surface area is 132 Å². The predicted molar refractivity (Wildman–Crippen MR) is 84.8 cm³/mol. The molecule has 1 fully saturated rings. The van der Waals surface area contributed by atoms with Gasteiger partial charge in [-0.15, -0.1) is 0 Å². The molecule has 2 aromatic heterocycles. The average Bonchev–Trinajstić information content (AvgIpc) is 2.93. The first-order valence-electron chi connectivity index (χ1n) is 7.52. The third-order valence-electron chi connectivity index (χ3n) is 3.94. The van der Waals surface area contributed by atoms with Crippen molar-refractivity contribution in [1.82, 2.24) is 20.5 Å². The van der Waals surface area contributed by atoms with Gasteiger partial charge in [-0.3, -0.25) is 19.7 Å². The van der Waals surface area contributed by atoms with Crippen LogP contribution >= 0.6 is 0 Å². The number of carbonyl (C=O) groups excluding carboxylic acids is 1. The van der Waals surface area contributed by atoms with Gasteiger partial charge in [0.25, 0.3) is 11.5 Å². The van der Waals surface area contributed by atoms with Gasteiger partial charge < -0.3 is 15.3 Å². The molecule has 0 aromatic carbocycles. The number of pyridine rings is 1. The molecule has 0 unspecified atom stereocenters. The number of carbonyl (C=O) groups is 1. The lowest BCUT2D eigenvalue weighted by atomic mass is 10.0. The second kappa shape index (κ2) is 6.15. The van der Waals surface area contributed by atoms with E-state index in [4.69, 9.17) is 0 Å². The molecule has 8 heteroatoms. The van der Waals surface area contributed by atoms with Crippen LogP contribution in [-0.2, 0) is 0 Å². The number of aryl methyl sites for hydroxylation is 1. The molecule has 4 N–H and O–H groups in total. The van der Waals surface area contributed by atoms with E-state index in [1.165, 1.54) is 12.1 Å². The summed E-state index contributed by atoms with van der Waals surface area (Å²) >= 11 is 0. The maximum atomic E-state index is 12.2. The van der Waals surface area contributed by atoms with Crippen LogP contribution in [0.5, 0.6) is 5.88 Å². The molecule has 23 heavy (non-hydrogen) atoms. The van der Waals surface area contributed by atoms with E-state index in [-0.39, 0.29) is 23.4 Å². The van der Waals surface area contributed by atoms with Crippen LogP contribution in [0.3, 0.4) is 0 Å². The fraction of sp³-hybridized carbons (Fsp3) is 0.400. The Morgan fingerprint density at radius 1 is 1.35 bits per heavy atom. The van der Waals surface area contributed by atoms with Crippen molar-refractivity contribution in [1.29, 1.82) is 0 Å². The highest BCUT2D eigenvalue weighted by atomic mass is 16.3. The molecule has 0 saturated carbocycles. The number of piperidine rings is 1. The van der Waals surface area contributed by atoms with Gasteiger partial charge in [0.15, 0.2) is 11.7 Å². The van der Waals surface area contributed by atoms with Crippen molar-refractivity contribution < 1.29 is 9.90 Å². The van der Waals surface area contributed by atoms with Crippen LogP contribution in [0.4, 0.5) is 5.82 Å². The Morgan fingerprint density at radius 3 is 2.70 bits per heavy atom. The Hall–Kier alpha value is -2.77. The molecule has 0 aliphatic carbocycles. The Morgan fingerprint density at radius 2 is 2.09 bits per heavy atom. The number of aromatic hydroxyl groups is 1. The maximum Gasteiger partial charge on any atom is 0.251 e. The Kier molecular flexibility index (Phi) is 4.05. The minimum atomic E-state index is -0.501. The van der Waals surface area contributed by atoms with Crippen LogP contribution in [0.2, 0.25) is 0 Å². The number of rotatable bonds is 3. The highest BCUT2D eigenvalue weighted by Gasteiger charge is 2.22. The standard InChI is InChI=1S/C15H19N5O3/c1-9-6-12(19-18-9)20-4-2-11(3-5-20)16-15(23)10-7-13(21)17-14(22)8-10/h6-8,11H,2-5H2,1H3,(H,16,23)(H,18,19)(H2,17,21,22). The molecule has 3 rings (SSSR count). The Balaban J connectivity index is 1.58. The number of hydrogen-bond acceptors (Lipinski definition) is 5. The summed E-state index contributed by atoms with van der Waals surface area (Å²) in [5, 5.41) is 19.4. The third kappa shape index (κ3) is 3.53. The summed E-state index contributed by atoms with van der Waals surface area (Å²) in [7, 11) is 0. The van der Waals surface area contributed by atoms with Gasteiger partial charge in [0, 0.05) is 43.0 Å². The van der Waals surface area contributed by atoms with Crippen molar-refractivity contribution in [2.45, 2.75) is 25.8 Å². The first kappa shape index (κ1) is 15.1. The zero-order valence-electron chi connectivity index (χ0n) is 12.8. The van der Waals surface area contributed by atoms with Crippen LogP contribution in [0.15, 0.2) is 23.0 Å². The first-order valence-corrected chi connectivity index (χ1v) is 7.52. The zero-order valence-corrected chi connectivity index (χ0v) is 12.8. The van der Waals surface area contributed by atoms with Gasteiger partial charge in [-0.25, -0.2) is 0 Å². The molecule has 0 bridgehead atoms. The maximum absolute atomic E-state index is 12.2. The second-order valence-electron chi connectivity index (χ2n) is 5.76. The van der Waals surface area contributed by atoms with Gasteiger partial charge in [-0.1, -0.05) is 0 Å². The smallest absolute Gasteiger partial charge is 0.251 e. The van der Waals surface area contributed by atoms with Gasteiger partial charge >= 0.3 is 0 Å². The highest BCUT2D eigenvalue weighted by Crippen LogP contribution is 2.18. The van der Waals surface area contributed by atoms with Crippen LogP contribution < -0.4 is 15.8 Å². The molecule has 8 nitrogen and oxygen atoms in total. The molecule has 1 saturated heterocycles. The van der Waals surface area contributed by atoms with E-state index < -0.39 is 5.56 Å². The van der Waals surface area contributed by atoms with Crippen LogP contribution in [0, 0.1) is 6.92 Å². The Bertz CT molecular complexity index is 758. The van der Waals surface area contributed by atoms with E-state index >= 15 is 0 Å². The molecule has 3 heterocycles. The number of hydrogen-bond donors (Lipinski definition) is 4. The van der Waals surface area contributed by atoms with Crippen LogP contribution in [0.25, 0.3) is 0 Å². The topological polar surface area (TPSA) is 114 Å². The van der Waals surface area contributed by atoms with Gasteiger partial charge in [0.1, 0.15) is 0 Å². The summed E-state index contributed by atoms with van der Waals surface area (Å²) in [4.78, 5) is 27.8. The van der Waals surface area contributed by atoms with Crippen molar-refractivity contribution in [3.05, 3.63) is 39.8 Å². The van der Waals surface area contributed by atoms with Crippen LogP contribution in [0.1, 0.15) is 28.9 Å². The van der Waals surface area contributed by atoms with Crippen molar-refractivity contribution >= 4 is 11.7 Å². The summed E-state index contributed by atoms with van der Waals surface area (Å²) < 4.78 is 0. The number of aromatic amines is 2. The fourth-order valence-corrected chi connectivity index (χ4v) is 2.75. The number of aromatic nitrogens is 3. The molecular formula is C15H19N5O3. The zero-order chi connectivity index (χ0) is 16.4. The van der Waals surface area contributed by atoms with E-state index in [2.05, 4.69) is 25.4 Å². The molecular weight excluding hydrogens is 298 g/mol. The van der Waals surface area contributed by atoms with Gasteiger partial charge in [-0.05, 0) is 19.8 Å². The SMILES string of the molecule is Cc1cc(N2CCC(NC(=O)c3cc(O)[nH]c(=O)c3)CC2)n[nH]1. The van der Waals surface area contributed by atoms with Gasteiger partial charge in [-0.2, -0.15) is 5.10 Å². The van der Waals surface area contributed by atoms with E-state index in [1.807, 2.05) is 13.0 Å². The van der Waals surface area contributed by atoms with E-state index in [0.717, 1.165) is 37.4 Å². The highest BCUT2D eigenvalue weighted by molar-refractivity contribution is 5.94.